The number of nitrogens with one attached hydrogen (secondary N) is 1. The Balaban J connectivity index is 1.37. The van der Waals surface area contributed by atoms with Gasteiger partial charge in [-0.15, -0.1) is 0 Å². The summed E-state index contributed by atoms with van der Waals surface area (Å²) in [7, 11) is 0. The lowest BCUT2D eigenvalue weighted by Crippen LogP contribution is -2.47. The number of rotatable bonds is 4. The van der Waals surface area contributed by atoms with Gasteiger partial charge in [0.05, 0.1) is 5.56 Å². The van der Waals surface area contributed by atoms with Crippen molar-refractivity contribution < 1.29 is 4.79 Å². The lowest BCUT2D eigenvalue weighted by atomic mass is 10.1. The van der Waals surface area contributed by atoms with Crippen LogP contribution in [0.4, 0.5) is 17.3 Å². The van der Waals surface area contributed by atoms with Gasteiger partial charge in [0.1, 0.15) is 11.6 Å². The fourth-order valence-corrected chi connectivity index (χ4v) is 3.56. The number of anilines is 3. The molecule has 0 aliphatic carbocycles. The maximum absolute atomic E-state index is 12.6. The molecular formula is C23H25N5O. The average Bonchev–Trinajstić information content (AvgIpc) is 2.76. The van der Waals surface area contributed by atoms with Gasteiger partial charge in [-0.05, 0) is 49.7 Å². The molecular weight excluding hydrogens is 362 g/mol. The molecule has 3 aromatic rings. The standard InChI is InChI=1S/C23H25N5O/c1-17-6-8-20(18(2)15-17)26-23(29)19-7-9-22(25-16-19)28-13-11-27(12-14-28)21-5-3-4-10-24-21/h3-10,15-16H,11-14H2,1-2H3,(H,26,29). The summed E-state index contributed by atoms with van der Waals surface area (Å²) in [5.41, 5.74) is 3.61. The number of carbonyl (C=O) groups is 1. The van der Waals surface area contributed by atoms with Gasteiger partial charge in [0.25, 0.3) is 5.91 Å². The van der Waals surface area contributed by atoms with E-state index in [1.807, 2.05) is 62.5 Å². The number of hydrogen-bond acceptors (Lipinski definition) is 5. The van der Waals surface area contributed by atoms with Crippen LogP contribution in [0.15, 0.2) is 60.9 Å². The molecule has 1 fully saturated rings. The van der Waals surface area contributed by atoms with Crippen LogP contribution in [-0.4, -0.2) is 42.1 Å². The van der Waals surface area contributed by atoms with Crippen LogP contribution in [0, 0.1) is 13.8 Å². The number of aryl methyl sites for hydroxylation is 2. The highest BCUT2D eigenvalue weighted by atomic mass is 16.1. The molecule has 1 saturated heterocycles. The highest BCUT2D eigenvalue weighted by molar-refractivity contribution is 6.04. The molecule has 3 heterocycles. The Kier molecular flexibility index (Phi) is 5.42. The third kappa shape index (κ3) is 4.37. The lowest BCUT2D eigenvalue weighted by Gasteiger charge is -2.36. The lowest BCUT2D eigenvalue weighted by molar-refractivity contribution is 0.102. The van der Waals surface area contributed by atoms with Gasteiger partial charge in [0.15, 0.2) is 0 Å². The number of nitrogens with zero attached hydrogens (tertiary/aromatic N) is 4. The van der Waals surface area contributed by atoms with Crippen LogP contribution in [-0.2, 0) is 0 Å². The van der Waals surface area contributed by atoms with E-state index in [2.05, 4.69) is 31.2 Å². The van der Waals surface area contributed by atoms with E-state index in [4.69, 9.17) is 0 Å². The van der Waals surface area contributed by atoms with E-state index in [0.29, 0.717) is 5.56 Å². The van der Waals surface area contributed by atoms with Crippen LogP contribution < -0.4 is 15.1 Å². The zero-order valence-corrected chi connectivity index (χ0v) is 16.8. The van der Waals surface area contributed by atoms with Crippen LogP contribution in [0.25, 0.3) is 0 Å². The predicted molar refractivity (Wildman–Crippen MR) is 117 cm³/mol. The van der Waals surface area contributed by atoms with Gasteiger partial charge < -0.3 is 15.1 Å². The molecule has 1 N–H and O–H groups in total. The first-order chi connectivity index (χ1) is 14.1. The third-order valence-corrected chi connectivity index (χ3v) is 5.22. The highest BCUT2D eigenvalue weighted by Gasteiger charge is 2.19. The maximum Gasteiger partial charge on any atom is 0.257 e. The molecule has 2 aromatic heterocycles. The molecule has 0 bridgehead atoms. The molecule has 148 valence electrons. The van der Waals surface area contributed by atoms with Crippen molar-refractivity contribution in [3.8, 4) is 0 Å². The van der Waals surface area contributed by atoms with Crippen LogP contribution in [0.5, 0.6) is 0 Å². The second kappa shape index (κ2) is 8.31. The van der Waals surface area contributed by atoms with Crippen LogP contribution in [0.2, 0.25) is 0 Å². The van der Waals surface area contributed by atoms with E-state index < -0.39 is 0 Å². The van der Waals surface area contributed by atoms with Crippen molar-refractivity contribution in [3.63, 3.8) is 0 Å². The van der Waals surface area contributed by atoms with E-state index >= 15 is 0 Å². The SMILES string of the molecule is Cc1ccc(NC(=O)c2ccc(N3CCN(c4ccccn4)CC3)nc2)c(C)c1. The molecule has 6 heteroatoms. The van der Waals surface area contributed by atoms with Gasteiger partial charge in [-0.3, -0.25) is 4.79 Å². The number of benzene rings is 1. The molecule has 0 unspecified atom stereocenters. The minimum atomic E-state index is -0.143. The largest absolute Gasteiger partial charge is 0.353 e. The first-order valence-corrected chi connectivity index (χ1v) is 9.86. The zero-order chi connectivity index (χ0) is 20.2. The van der Waals surface area contributed by atoms with E-state index in [0.717, 1.165) is 49.1 Å². The van der Waals surface area contributed by atoms with Gasteiger partial charge in [-0.1, -0.05) is 23.8 Å². The summed E-state index contributed by atoms with van der Waals surface area (Å²) in [4.78, 5) is 26.0. The summed E-state index contributed by atoms with van der Waals surface area (Å²) >= 11 is 0. The topological polar surface area (TPSA) is 61.4 Å². The van der Waals surface area contributed by atoms with Crippen molar-refractivity contribution in [3.05, 3.63) is 77.6 Å². The monoisotopic (exact) mass is 387 g/mol. The van der Waals surface area contributed by atoms with Gasteiger partial charge in [0, 0.05) is 44.3 Å². The molecule has 1 amide bonds. The number of carbonyl (C=O) groups excluding carboxylic acids is 1. The fraction of sp³-hybridized carbons (Fsp3) is 0.261. The van der Waals surface area contributed by atoms with Gasteiger partial charge in [-0.25, -0.2) is 9.97 Å². The van der Waals surface area contributed by atoms with Crippen LogP contribution >= 0.6 is 0 Å². The molecule has 1 aliphatic heterocycles. The van der Waals surface area contributed by atoms with E-state index in [1.54, 1.807) is 6.20 Å². The van der Waals surface area contributed by atoms with E-state index in [1.165, 1.54) is 5.56 Å². The molecule has 6 nitrogen and oxygen atoms in total. The molecule has 0 spiro atoms. The summed E-state index contributed by atoms with van der Waals surface area (Å²) in [6.45, 7) is 7.57. The molecule has 0 saturated carbocycles. The second-order valence-corrected chi connectivity index (χ2v) is 7.34. The van der Waals surface area contributed by atoms with Crippen molar-refractivity contribution in [1.29, 1.82) is 0 Å². The normalized spacial score (nSPS) is 14.0. The first kappa shape index (κ1) is 18.9. The van der Waals surface area contributed by atoms with Crippen molar-refractivity contribution in [2.75, 3.05) is 41.3 Å². The molecule has 1 aliphatic rings. The van der Waals surface area contributed by atoms with Crippen molar-refractivity contribution in [2.45, 2.75) is 13.8 Å². The zero-order valence-electron chi connectivity index (χ0n) is 16.8. The van der Waals surface area contributed by atoms with Gasteiger partial charge in [-0.2, -0.15) is 0 Å². The summed E-state index contributed by atoms with van der Waals surface area (Å²) in [5.74, 6) is 1.77. The number of amides is 1. The van der Waals surface area contributed by atoms with Crippen molar-refractivity contribution >= 4 is 23.2 Å². The minimum Gasteiger partial charge on any atom is -0.353 e. The van der Waals surface area contributed by atoms with Gasteiger partial charge in [0.2, 0.25) is 0 Å². The van der Waals surface area contributed by atoms with Gasteiger partial charge >= 0.3 is 0 Å². The minimum absolute atomic E-state index is 0.143. The number of pyridine rings is 2. The highest BCUT2D eigenvalue weighted by Crippen LogP contribution is 2.19. The Bertz CT molecular complexity index is 980. The summed E-state index contributed by atoms with van der Waals surface area (Å²) in [6.07, 6.45) is 3.48. The first-order valence-electron chi connectivity index (χ1n) is 9.86. The smallest absolute Gasteiger partial charge is 0.257 e. The Morgan fingerprint density at radius 3 is 2.21 bits per heavy atom. The van der Waals surface area contributed by atoms with E-state index in [-0.39, 0.29) is 5.91 Å². The number of hydrogen-bond donors (Lipinski definition) is 1. The molecule has 1 aromatic carbocycles. The quantitative estimate of drug-likeness (QED) is 0.740. The molecule has 4 rings (SSSR count). The Morgan fingerprint density at radius 2 is 1.62 bits per heavy atom. The third-order valence-electron chi connectivity index (χ3n) is 5.22. The Hall–Kier alpha value is -3.41. The van der Waals surface area contributed by atoms with Crippen molar-refractivity contribution in [2.24, 2.45) is 0 Å². The predicted octanol–water partition coefficient (Wildman–Crippen LogP) is 3.67. The summed E-state index contributed by atoms with van der Waals surface area (Å²) in [6, 6.07) is 15.7. The number of aromatic nitrogens is 2. The molecule has 0 radical (unpaired) electrons. The number of piperazine rings is 1. The Morgan fingerprint density at radius 1 is 0.897 bits per heavy atom. The molecule has 0 atom stereocenters. The Labute approximate surface area is 171 Å². The summed E-state index contributed by atoms with van der Waals surface area (Å²) in [5, 5.41) is 2.97. The second-order valence-electron chi connectivity index (χ2n) is 7.34. The fourth-order valence-electron chi connectivity index (χ4n) is 3.56. The van der Waals surface area contributed by atoms with Crippen LogP contribution in [0.1, 0.15) is 21.5 Å². The summed E-state index contributed by atoms with van der Waals surface area (Å²) < 4.78 is 0. The van der Waals surface area contributed by atoms with E-state index in [9.17, 15) is 4.79 Å². The molecule has 29 heavy (non-hydrogen) atoms. The average molecular weight is 387 g/mol. The van der Waals surface area contributed by atoms with Crippen LogP contribution in [0.3, 0.4) is 0 Å². The van der Waals surface area contributed by atoms with Crippen molar-refractivity contribution in [1.82, 2.24) is 9.97 Å². The maximum atomic E-state index is 12.6.